The molecule has 24 heavy (non-hydrogen) atoms. The summed E-state index contributed by atoms with van der Waals surface area (Å²) in [6, 6.07) is 9.70. The zero-order valence-electron chi connectivity index (χ0n) is 13.1. The molecule has 0 aromatic heterocycles. The Labute approximate surface area is 140 Å². The smallest absolute Gasteiger partial charge is 0.228 e. The average Bonchev–Trinajstić information content (AvgIpc) is 2.93. The highest BCUT2D eigenvalue weighted by molar-refractivity contribution is 7.90. The van der Waals surface area contributed by atoms with E-state index in [-0.39, 0.29) is 35.3 Å². The molecule has 1 aliphatic rings. The number of amides is 1. The number of nitrogens with one attached hydrogen (secondary N) is 1. The van der Waals surface area contributed by atoms with Gasteiger partial charge in [0, 0.05) is 5.69 Å². The molecule has 0 radical (unpaired) electrons. The monoisotopic (exact) mass is 347 g/mol. The van der Waals surface area contributed by atoms with Crippen molar-refractivity contribution < 1.29 is 23.1 Å². The van der Waals surface area contributed by atoms with E-state index in [4.69, 9.17) is 4.74 Å². The predicted molar refractivity (Wildman–Crippen MR) is 88.6 cm³/mol. The van der Waals surface area contributed by atoms with Crippen LogP contribution in [-0.2, 0) is 33.4 Å². The number of fused-ring (bicyclic) bond motifs is 1. The van der Waals surface area contributed by atoms with Gasteiger partial charge in [0.15, 0.2) is 9.84 Å². The van der Waals surface area contributed by atoms with Crippen LogP contribution in [0.25, 0.3) is 0 Å². The molecule has 0 saturated heterocycles. The minimum atomic E-state index is -3.66. The standard InChI is InChI=1S/C17H17NO5S/c1-23-15-5-3-11(9-19)7-16(15)24(21,22)10-12-2-4-14-13(6-12)8-17(20)18-14/h2-7,19H,8-10H2,1H3,(H,18,20). The zero-order valence-corrected chi connectivity index (χ0v) is 13.9. The lowest BCUT2D eigenvalue weighted by molar-refractivity contribution is -0.115. The molecular weight excluding hydrogens is 330 g/mol. The molecule has 1 amide bonds. The maximum atomic E-state index is 12.8. The van der Waals surface area contributed by atoms with Crippen molar-refractivity contribution in [2.24, 2.45) is 0 Å². The van der Waals surface area contributed by atoms with E-state index in [9.17, 15) is 18.3 Å². The first-order valence-corrected chi connectivity index (χ1v) is 9.00. The lowest BCUT2D eigenvalue weighted by atomic mass is 10.1. The van der Waals surface area contributed by atoms with Crippen LogP contribution in [0.2, 0.25) is 0 Å². The lowest BCUT2D eigenvalue weighted by Gasteiger charge is -2.11. The van der Waals surface area contributed by atoms with Crippen LogP contribution in [0.4, 0.5) is 5.69 Å². The Bertz CT molecular complexity index is 905. The van der Waals surface area contributed by atoms with Gasteiger partial charge in [0.1, 0.15) is 10.6 Å². The summed E-state index contributed by atoms with van der Waals surface area (Å²) in [4.78, 5) is 11.4. The first-order chi connectivity index (χ1) is 11.4. The summed E-state index contributed by atoms with van der Waals surface area (Å²) >= 11 is 0. The highest BCUT2D eigenvalue weighted by Gasteiger charge is 2.23. The number of rotatable bonds is 5. The number of methoxy groups -OCH3 is 1. The number of hydrogen-bond acceptors (Lipinski definition) is 5. The van der Waals surface area contributed by atoms with Gasteiger partial charge in [-0.3, -0.25) is 4.79 Å². The second-order valence-corrected chi connectivity index (χ2v) is 7.58. The van der Waals surface area contributed by atoms with Gasteiger partial charge in [-0.05, 0) is 34.9 Å². The van der Waals surface area contributed by atoms with Gasteiger partial charge in [-0.2, -0.15) is 0 Å². The number of carbonyl (C=O) groups is 1. The van der Waals surface area contributed by atoms with Gasteiger partial charge in [-0.25, -0.2) is 8.42 Å². The minimum Gasteiger partial charge on any atom is -0.495 e. The van der Waals surface area contributed by atoms with Crippen molar-refractivity contribution in [2.75, 3.05) is 12.4 Å². The largest absolute Gasteiger partial charge is 0.495 e. The van der Waals surface area contributed by atoms with E-state index >= 15 is 0 Å². The van der Waals surface area contributed by atoms with Crippen LogP contribution in [0.1, 0.15) is 16.7 Å². The maximum Gasteiger partial charge on any atom is 0.228 e. The van der Waals surface area contributed by atoms with Gasteiger partial charge in [-0.1, -0.05) is 18.2 Å². The third kappa shape index (κ3) is 3.13. The summed E-state index contributed by atoms with van der Waals surface area (Å²) in [5.41, 5.74) is 2.62. The lowest BCUT2D eigenvalue weighted by Crippen LogP contribution is -2.08. The molecule has 0 spiro atoms. The summed E-state index contributed by atoms with van der Waals surface area (Å²) in [5, 5.41) is 12.0. The second-order valence-electron chi connectivity index (χ2n) is 5.62. The fourth-order valence-electron chi connectivity index (χ4n) is 2.73. The average molecular weight is 347 g/mol. The maximum absolute atomic E-state index is 12.8. The quantitative estimate of drug-likeness (QED) is 0.858. The molecule has 3 rings (SSSR count). The number of aliphatic hydroxyl groups is 1. The Morgan fingerprint density at radius 2 is 1.92 bits per heavy atom. The summed E-state index contributed by atoms with van der Waals surface area (Å²) in [6.07, 6.45) is 0.256. The number of benzene rings is 2. The Kier molecular flexibility index (Phi) is 4.29. The van der Waals surface area contributed by atoms with Gasteiger partial charge in [0.05, 0.1) is 25.9 Å². The molecule has 0 bridgehead atoms. The van der Waals surface area contributed by atoms with Crippen LogP contribution >= 0.6 is 0 Å². The van der Waals surface area contributed by atoms with Crippen molar-refractivity contribution in [3.05, 3.63) is 53.1 Å². The molecule has 1 aliphatic heterocycles. The fraction of sp³-hybridized carbons (Fsp3) is 0.235. The molecule has 0 saturated carbocycles. The molecule has 0 atom stereocenters. The van der Waals surface area contributed by atoms with Crippen LogP contribution in [0.5, 0.6) is 5.75 Å². The summed E-state index contributed by atoms with van der Waals surface area (Å²) in [7, 11) is -2.26. The summed E-state index contributed by atoms with van der Waals surface area (Å²) in [6.45, 7) is -0.251. The number of aliphatic hydroxyl groups excluding tert-OH is 1. The molecule has 0 aliphatic carbocycles. The van der Waals surface area contributed by atoms with E-state index < -0.39 is 9.84 Å². The van der Waals surface area contributed by atoms with Gasteiger partial charge >= 0.3 is 0 Å². The van der Waals surface area contributed by atoms with Gasteiger partial charge in [-0.15, -0.1) is 0 Å². The topological polar surface area (TPSA) is 92.7 Å². The molecule has 1 heterocycles. The van der Waals surface area contributed by atoms with E-state index in [2.05, 4.69) is 5.32 Å². The van der Waals surface area contributed by atoms with Crippen LogP contribution in [0, 0.1) is 0 Å². The summed E-state index contributed by atoms with van der Waals surface area (Å²) in [5.74, 6) is -0.0628. The second kappa shape index (κ2) is 6.26. The van der Waals surface area contributed by atoms with E-state index in [1.54, 1.807) is 24.3 Å². The normalized spacial score (nSPS) is 13.5. The van der Waals surface area contributed by atoms with Crippen molar-refractivity contribution in [3.63, 3.8) is 0 Å². The molecule has 2 N–H and O–H groups in total. The molecule has 2 aromatic rings. The Balaban J connectivity index is 1.95. The van der Waals surface area contributed by atoms with Crippen molar-refractivity contribution in [1.82, 2.24) is 0 Å². The van der Waals surface area contributed by atoms with Gasteiger partial charge in [0.25, 0.3) is 0 Å². The van der Waals surface area contributed by atoms with Crippen LogP contribution in [0.15, 0.2) is 41.3 Å². The Hall–Kier alpha value is -2.38. The molecule has 0 fully saturated rings. The minimum absolute atomic E-state index is 0.0475. The first kappa shape index (κ1) is 16.5. The fourth-order valence-corrected chi connectivity index (χ4v) is 4.29. The zero-order chi connectivity index (χ0) is 17.3. The number of ether oxygens (including phenoxy) is 1. The summed E-state index contributed by atoms with van der Waals surface area (Å²) < 4.78 is 30.7. The molecular formula is C17H17NO5S. The Morgan fingerprint density at radius 3 is 2.62 bits per heavy atom. The number of carbonyl (C=O) groups excluding carboxylic acids is 1. The van der Waals surface area contributed by atoms with Crippen molar-refractivity contribution >= 4 is 21.4 Å². The third-order valence-electron chi connectivity index (χ3n) is 3.90. The Morgan fingerprint density at radius 1 is 1.17 bits per heavy atom. The van der Waals surface area contributed by atoms with E-state index in [0.29, 0.717) is 11.1 Å². The van der Waals surface area contributed by atoms with Crippen LogP contribution in [-0.4, -0.2) is 26.5 Å². The number of hydrogen-bond donors (Lipinski definition) is 2. The molecule has 7 heteroatoms. The van der Waals surface area contributed by atoms with E-state index in [1.807, 2.05) is 0 Å². The third-order valence-corrected chi connectivity index (χ3v) is 5.60. The van der Waals surface area contributed by atoms with Crippen molar-refractivity contribution in [3.8, 4) is 5.75 Å². The molecule has 2 aromatic carbocycles. The van der Waals surface area contributed by atoms with Gasteiger partial charge < -0.3 is 15.2 Å². The first-order valence-electron chi connectivity index (χ1n) is 7.35. The molecule has 6 nitrogen and oxygen atoms in total. The van der Waals surface area contributed by atoms with Crippen LogP contribution in [0.3, 0.4) is 0 Å². The number of sulfone groups is 1. The molecule has 126 valence electrons. The highest BCUT2D eigenvalue weighted by atomic mass is 32.2. The SMILES string of the molecule is COc1ccc(CO)cc1S(=O)(=O)Cc1ccc2c(c1)CC(=O)N2. The molecule has 0 unspecified atom stereocenters. The van der Waals surface area contributed by atoms with Crippen molar-refractivity contribution in [1.29, 1.82) is 0 Å². The van der Waals surface area contributed by atoms with E-state index in [1.165, 1.54) is 19.2 Å². The highest BCUT2D eigenvalue weighted by Crippen LogP contribution is 2.30. The van der Waals surface area contributed by atoms with E-state index in [0.717, 1.165) is 11.3 Å². The van der Waals surface area contributed by atoms with Crippen LogP contribution < -0.4 is 10.1 Å². The van der Waals surface area contributed by atoms with Gasteiger partial charge in [0.2, 0.25) is 5.91 Å². The van der Waals surface area contributed by atoms with Crippen molar-refractivity contribution in [2.45, 2.75) is 23.7 Å². The predicted octanol–water partition coefficient (Wildman–Crippen LogP) is 1.66. The number of anilines is 1.